The lowest BCUT2D eigenvalue weighted by Crippen LogP contribution is -2.39. The number of nitrogens with zero attached hydrogens (tertiary/aromatic N) is 2. The molecule has 27 heavy (non-hydrogen) atoms. The second-order valence-electron chi connectivity index (χ2n) is 6.49. The molecule has 7 heteroatoms. The third-order valence-electron chi connectivity index (χ3n) is 4.56. The third kappa shape index (κ3) is 3.48. The average Bonchev–Trinajstić information content (AvgIpc) is 2.65. The van der Waals surface area contributed by atoms with Crippen molar-refractivity contribution in [1.29, 1.82) is 0 Å². The fraction of sp³-hybridized carbons (Fsp3) is 0.250. The third-order valence-corrected chi connectivity index (χ3v) is 4.56. The highest BCUT2D eigenvalue weighted by Crippen LogP contribution is 2.22. The molecule has 0 atom stereocenters. The summed E-state index contributed by atoms with van der Waals surface area (Å²) in [5.41, 5.74) is 2.26. The first-order chi connectivity index (χ1) is 12.8. The van der Waals surface area contributed by atoms with Gasteiger partial charge in [-0.15, -0.1) is 0 Å². The van der Waals surface area contributed by atoms with Gasteiger partial charge in [-0.3, -0.25) is 14.4 Å². The second-order valence-corrected chi connectivity index (χ2v) is 6.49. The van der Waals surface area contributed by atoms with Gasteiger partial charge in [0.1, 0.15) is 5.75 Å². The smallest absolute Gasteiger partial charge is 0.316 e. The van der Waals surface area contributed by atoms with E-state index in [1.54, 1.807) is 25.2 Å². The lowest BCUT2D eigenvalue weighted by Gasteiger charge is -2.14. The summed E-state index contributed by atoms with van der Waals surface area (Å²) in [7, 11) is 3.09. The van der Waals surface area contributed by atoms with Crippen LogP contribution >= 0.6 is 0 Å². The number of fused-ring (bicyclic) bond motifs is 1. The molecule has 0 saturated carbocycles. The number of amides is 1. The summed E-state index contributed by atoms with van der Waals surface area (Å²) in [6.45, 7) is 3.60. The lowest BCUT2D eigenvalue weighted by molar-refractivity contribution is -0.118. The van der Waals surface area contributed by atoms with E-state index in [9.17, 15) is 14.4 Å². The van der Waals surface area contributed by atoms with Gasteiger partial charge in [0.15, 0.2) is 6.61 Å². The van der Waals surface area contributed by atoms with Gasteiger partial charge in [0.2, 0.25) is 0 Å². The van der Waals surface area contributed by atoms with Gasteiger partial charge in [-0.05, 0) is 43.2 Å². The zero-order valence-corrected chi connectivity index (χ0v) is 15.7. The molecule has 3 rings (SSSR count). The highest BCUT2D eigenvalue weighted by atomic mass is 16.5. The van der Waals surface area contributed by atoms with Gasteiger partial charge in [0.05, 0.1) is 11.0 Å². The molecule has 0 spiro atoms. The molecule has 0 aliphatic rings. The molecule has 0 bridgehead atoms. The minimum Gasteiger partial charge on any atom is -0.483 e. The van der Waals surface area contributed by atoms with E-state index in [2.05, 4.69) is 5.32 Å². The Bertz CT molecular complexity index is 1160. The fourth-order valence-electron chi connectivity index (χ4n) is 2.91. The molecule has 7 nitrogen and oxygen atoms in total. The van der Waals surface area contributed by atoms with Gasteiger partial charge in [-0.25, -0.2) is 0 Å². The topological polar surface area (TPSA) is 82.3 Å². The summed E-state index contributed by atoms with van der Waals surface area (Å²) in [5.74, 6) is 0.343. The lowest BCUT2D eigenvalue weighted by atomic mass is 10.1. The zero-order chi connectivity index (χ0) is 19.7. The number of carbonyl (C=O) groups is 1. The summed E-state index contributed by atoms with van der Waals surface area (Å²) >= 11 is 0. The van der Waals surface area contributed by atoms with Crippen molar-refractivity contribution in [3.8, 4) is 5.75 Å². The number of nitrogens with one attached hydrogen (secondary N) is 1. The van der Waals surface area contributed by atoms with Crippen LogP contribution in [0.2, 0.25) is 0 Å². The SMILES string of the molecule is Cc1cc2c(cc1NC(=O)COc1ccccc1C)n(C)c(=O)c(=O)n2C. The molecule has 0 aliphatic heterocycles. The first kappa shape index (κ1) is 18.4. The van der Waals surface area contributed by atoms with E-state index >= 15 is 0 Å². The number of carbonyl (C=O) groups excluding carboxylic acids is 1. The predicted molar refractivity (Wildman–Crippen MR) is 104 cm³/mol. The summed E-state index contributed by atoms with van der Waals surface area (Å²) in [6, 6.07) is 10.9. The van der Waals surface area contributed by atoms with E-state index in [1.807, 2.05) is 32.0 Å². The Balaban J connectivity index is 1.88. The number of anilines is 1. The molecule has 0 unspecified atom stereocenters. The monoisotopic (exact) mass is 367 g/mol. The standard InChI is InChI=1S/C20H21N3O4/c1-12-7-5-6-8-17(12)27-11-18(24)21-14-10-16-15(9-13(14)2)22(3)19(25)20(26)23(16)4/h5-10H,11H2,1-4H3,(H,21,24). The quantitative estimate of drug-likeness (QED) is 0.714. The Hall–Kier alpha value is -3.35. The van der Waals surface area contributed by atoms with E-state index in [0.29, 0.717) is 22.5 Å². The Labute approximate surface area is 155 Å². The van der Waals surface area contributed by atoms with Crippen LogP contribution in [0.25, 0.3) is 11.0 Å². The van der Waals surface area contributed by atoms with Gasteiger partial charge in [-0.2, -0.15) is 0 Å². The van der Waals surface area contributed by atoms with Gasteiger partial charge >= 0.3 is 11.1 Å². The van der Waals surface area contributed by atoms with Crippen molar-refractivity contribution in [2.24, 2.45) is 14.1 Å². The molecule has 0 saturated heterocycles. The van der Waals surface area contributed by atoms with Crippen molar-refractivity contribution in [2.75, 3.05) is 11.9 Å². The van der Waals surface area contributed by atoms with Crippen LogP contribution in [0.3, 0.4) is 0 Å². The Morgan fingerprint density at radius 3 is 2.19 bits per heavy atom. The van der Waals surface area contributed by atoms with E-state index in [0.717, 1.165) is 11.1 Å². The average molecular weight is 367 g/mol. The number of rotatable bonds is 4. The van der Waals surface area contributed by atoms with Gasteiger partial charge in [0, 0.05) is 19.8 Å². The first-order valence-corrected chi connectivity index (χ1v) is 8.48. The molecule has 3 aromatic rings. The number of ether oxygens (including phenoxy) is 1. The van der Waals surface area contributed by atoms with Crippen LogP contribution in [0.1, 0.15) is 11.1 Å². The van der Waals surface area contributed by atoms with Crippen molar-refractivity contribution >= 4 is 22.6 Å². The molecule has 0 fully saturated rings. The number of benzene rings is 2. The zero-order valence-electron chi connectivity index (χ0n) is 15.7. The number of aromatic nitrogens is 2. The predicted octanol–water partition coefficient (Wildman–Crippen LogP) is 1.87. The van der Waals surface area contributed by atoms with Gasteiger partial charge in [-0.1, -0.05) is 18.2 Å². The minimum atomic E-state index is -0.617. The van der Waals surface area contributed by atoms with Crippen LogP contribution in [0, 0.1) is 13.8 Å². The Kier molecular flexibility index (Phi) is 4.85. The van der Waals surface area contributed by atoms with Crippen LogP contribution < -0.4 is 21.2 Å². The summed E-state index contributed by atoms with van der Waals surface area (Å²) < 4.78 is 8.17. The summed E-state index contributed by atoms with van der Waals surface area (Å²) in [4.78, 5) is 36.3. The molecule has 2 aromatic carbocycles. The maximum absolute atomic E-state index is 12.3. The van der Waals surface area contributed by atoms with Gasteiger partial charge in [0.25, 0.3) is 5.91 Å². The van der Waals surface area contributed by atoms with Crippen LogP contribution in [0.4, 0.5) is 5.69 Å². The molecule has 1 heterocycles. The van der Waals surface area contributed by atoms with Crippen molar-refractivity contribution in [2.45, 2.75) is 13.8 Å². The van der Waals surface area contributed by atoms with Crippen LogP contribution in [-0.4, -0.2) is 21.6 Å². The largest absolute Gasteiger partial charge is 0.483 e. The van der Waals surface area contributed by atoms with E-state index in [-0.39, 0.29) is 12.5 Å². The molecule has 1 N–H and O–H groups in total. The van der Waals surface area contributed by atoms with E-state index in [4.69, 9.17) is 4.74 Å². The van der Waals surface area contributed by atoms with Crippen molar-refractivity contribution in [1.82, 2.24) is 9.13 Å². The molecule has 0 aliphatic carbocycles. The normalized spacial score (nSPS) is 10.8. The van der Waals surface area contributed by atoms with Crippen molar-refractivity contribution in [3.05, 3.63) is 68.2 Å². The Morgan fingerprint density at radius 1 is 0.963 bits per heavy atom. The molecule has 1 amide bonds. The maximum atomic E-state index is 12.3. The number of aryl methyl sites for hydroxylation is 4. The molecular formula is C20H21N3O4. The van der Waals surface area contributed by atoms with Crippen LogP contribution in [0.15, 0.2) is 46.0 Å². The van der Waals surface area contributed by atoms with E-state index < -0.39 is 11.1 Å². The number of hydrogen-bond donors (Lipinski definition) is 1. The van der Waals surface area contributed by atoms with Crippen LogP contribution in [0.5, 0.6) is 5.75 Å². The fourth-order valence-corrected chi connectivity index (χ4v) is 2.91. The molecule has 0 radical (unpaired) electrons. The highest BCUT2D eigenvalue weighted by molar-refractivity contribution is 5.95. The Morgan fingerprint density at radius 2 is 1.56 bits per heavy atom. The molecule has 1 aromatic heterocycles. The van der Waals surface area contributed by atoms with Gasteiger partial charge < -0.3 is 19.2 Å². The summed E-state index contributed by atoms with van der Waals surface area (Å²) in [6.07, 6.45) is 0. The molecular weight excluding hydrogens is 346 g/mol. The molecule has 140 valence electrons. The van der Waals surface area contributed by atoms with Crippen molar-refractivity contribution < 1.29 is 9.53 Å². The minimum absolute atomic E-state index is 0.130. The second kappa shape index (κ2) is 7.11. The highest BCUT2D eigenvalue weighted by Gasteiger charge is 2.13. The van der Waals surface area contributed by atoms with Crippen molar-refractivity contribution in [3.63, 3.8) is 0 Å². The van der Waals surface area contributed by atoms with E-state index in [1.165, 1.54) is 16.2 Å². The maximum Gasteiger partial charge on any atom is 0.316 e. The summed E-state index contributed by atoms with van der Waals surface area (Å²) in [5, 5.41) is 2.81. The first-order valence-electron chi connectivity index (χ1n) is 8.48. The van der Waals surface area contributed by atoms with Crippen LogP contribution in [-0.2, 0) is 18.9 Å². The number of hydrogen-bond acceptors (Lipinski definition) is 4. The number of para-hydroxylation sites is 1.